The monoisotopic (exact) mass is 306 g/mol. The topological polar surface area (TPSA) is 70.5 Å². The number of hydrogen-bond donors (Lipinski definition) is 1. The highest BCUT2D eigenvalue weighted by Gasteiger charge is 2.03. The van der Waals surface area contributed by atoms with Crippen molar-refractivity contribution in [2.24, 2.45) is 12.1 Å². The fraction of sp³-hybridized carbons (Fsp3) is 0.214. The third-order valence-electron chi connectivity index (χ3n) is 2.97. The highest BCUT2D eigenvalue weighted by Crippen LogP contribution is 2.09. The van der Waals surface area contributed by atoms with E-state index in [0.29, 0.717) is 17.3 Å². The summed E-state index contributed by atoms with van der Waals surface area (Å²) in [4.78, 5) is 25.6. The van der Waals surface area contributed by atoms with Crippen LogP contribution in [0.1, 0.15) is 5.56 Å². The molecule has 6 nitrogen and oxygen atoms in total. The smallest absolute Gasteiger partial charge is 0.292 e. The fourth-order valence-corrected chi connectivity index (χ4v) is 1.80. The molecule has 0 bridgehead atoms. The number of nitrogens with one attached hydrogen (secondary N) is 1. The highest BCUT2D eigenvalue weighted by atomic mass is 35.5. The Hall–Kier alpha value is -2.34. The third kappa shape index (κ3) is 3.82. The summed E-state index contributed by atoms with van der Waals surface area (Å²) in [6.45, 7) is 0. The summed E-state index contributed by atoms with van der Waals surface area (Å²) in [5, 5.41) is 6.31. The molecular formula is C14H15ClN4O2. The van der Waals surface area contributed by atoms with Crippen molar-refractivity contribution in [2.45, 2.75) is 6.42 Å². The maximum atomic E-state index is 11.5. The van der Waals surface area contributed by atoms with E-state index in [1.807, 2.05) is 24.3 Å². The van der Waals surface area contributed by atoms with Gasteiger partial charge in [0.2, 0.25) is 0 Å². The van der Waals surface area contributed by atoms with E-state index in [9.17, 15) is 9.59 Å². The van der Waals surface area contributed by atoms with E-state index in [4.69, 9.17) is 11.6 Å². The van der Waals surface area contributed by atoms with Crippen LogP contribution in [0.5, 0.6) is 0 Å². The number of benzene rings is 1. The van der Waals surface area contributed by atoms with Gasteiger partial charge in [0.05, 0.1) is 0 Å². The molecule has 0 spiro atoms. The molecule has 1 aromatic carbocycles. The Balaban J connectivity index is 2.09. The number of nitrogens with zero attached hydrogens (tertiary/aromatic N) is 3. The molecule has 0 saturated carbocycles. The zero-order chi connectivity index (χ0) is 15.4. The van der Waals surface area contributed by atoms with Crippen LogP contribution in [0, 0.1) is 0 Å². The average molecular weight is 307 g/mol. The largest absolute Gasteiger partial charge is 0.329 e. The molecule has 1 heterocycles. The minimum atomic E-state index is -0.475. The quantitative estimate of drug-likeness (QED) is 0.685. The molecule has 0 saturated heterocycles. The van der Waals surface area contributed by atoms with Gasteiger partial charge in [-0.1, -0.05) is 23.7 Å². The summed E-state index contributed by atoms with van der Waals surface area (Å²) in [7, 11) is 3.07. The lowest BCUT2D eigenvalue weighted by Crippen LogP contribution is -2.33. The predicted octanol–water partition coefficient (Wildman–Crippen LogP) is 1.39. The van der Waals surface area contributed by atoms with Crippen LogP contribution in [0.4, 0.5) is 5.82 Å². The number of H-pyrrole nitrogens is 1. The molecule has 0 atom stereocenters. The summed E-state index contributed by atoms with van der Waals surface area (Å²) < 4.78 is 0.995. The molecule has 1 aromatic heterocycles. The lowest BCUT2D eigenvalue weighted by molar-refractivity contribution is 0.766. The van der Waals surface area contributed by atoms with Gasteiger partial charge in [0.25, 0.3) is 5.56 Å². The number of rotatable bonds is 4. The van der Waals surface area contributed by atoms with Crippen molar-refractivity contribution in [3.05, 3.63) is 61.8 Å². The zero-order valence-corrected chi connectivity index (χ0v) is 12.5. The van der Waals surface area contributed by atoms with Crippen molar-refractivity contribution in [3.63, 3.8) is 0 Å². The van der Waals surface area contributed by atoms with E-state index in [1.165, 1.54) is 18.1 Å². The van der Waals surface area contributed by atoms with Crippen LogP contribution in [0.25, 0.3) is 0 Å². The lowest BCUT2D eigenvalue weighted by Gasteiger charge is -2.12. The van der Waals surface area contributed by atoms with Gasteiger partial charge < -0.3 is 0 Å². The Labute approximate surface area is 126 Å². The number of halogens is 1. The molecule has 0 unspecified atom stereocenters. The van der Waals surface area contributed by atoms with Crippen LogP contribution >= 0.6 is 11.6 Å². The Bertz CT molecular complexity index is 731. The number of aromatic amines is 1. The number of hydrogen-bond acceptors (Lipinski definition) is 4. The first-order chi connectivity index (χ1) is 9.97. The average Bonchev–Trinajstić information content (AvgIpc) is 2.46. The van der Waals surface area contributed by atoms with Crippen molar-refractivity contribution in [1.82, 2.24) is 9.55 Å². The van der Waals surface area contributed by atoms with Gasteiger partial charge in [0.15, 0.2) is 0 Å². The highest BCUT2D eigenvalue weighted by molar-refractivity contribution is 6.30. The third-order valence-corrected chi connectivity index (χ3v) is 3.23. The van der Waals surface area contributed by atoms with Crippen molar-refractivity contribution in [1.29, 1.82) is 0 Å². The van der Waals surface area contributed by atoms with E-state index in [-0.39, 0.29) is 5.56 Å². The first-order valence-electron chi connectivity index (χ1n) is 6.28. The normalized spacial score (nSPS) is 11.0. The van der Waals surface area contributed by atoms with E-state index >= 15 is 0 Å². The van der Waals surface area contributed by atoms with Crippen molar-refractivity contribution in [2.75, 3.05) is 12.1 Å². The van der Waals surface area contributed by atoms with Crippen LogP contribution in [0.3, 0.4) is 0 Å². The minimum Gasteiger partial charge on any atom is -0.292 e. The molecule has 2 aromatic rings. The Morgan fingerprint density at radius 3 is 2.62 bits per heavy atom. The molecule has 0 radical (unpaired) electrons. The number of anilines is 1. The van der Waals surface area contributed by atoms with Crippen molar-refractivity contribution in [3.8, 4) is 0 Å². The van der Waals surface area contributed by atoms with E-state index in [2.05, 4.69) is 10.1 Å². The van der Waals surface area contributed by atoms with Gasteiger partial charge in [0, 0.05) is 37.8 Å². The molecule has 0 aliphatic carbocycles. The first kappa shape index (κ1) is 15.1. The molecule has 21 heavy (non-hydrogen) atoms. The van der Waals surface area contributed by atoms with E-state index in [0.717, 1.165) is 10.1 Å². The molecule has 7 heteroatoms. The second kappa shape index (κ2) is 6.41. The minimum absolute atomic E-state index is 0.343. The standard InChI is InChI=1S/C14H15ClN4O2/c1-18-13(20)9-12(17-14(18)21)19(2)16-8-7-10-3-5-11(15)6-4-10/h3-6,8-9H,7H2,1-2H3,(H,17,21)/b16-8+. The summed E-state index contributed by atoms with van der Waals surface area (Å²) in [6.07, 6.45) is 2.32. The molecule has 0 fully saturated rings. The second-order valence-electron chi connectivity index (χ2n) is 4.51. The summed E-state index contributed by atoms with van der Waals surface area (Å²) in [5.74, 6) is 0.343. The summed E-state index contributed by atoms with van der Waals surface area (Å²) in [6, 6.07) is 8.77. The van der Waals surface area contributed by atoms with Gasteiger partial charge in [-0.15, -0.1) is 0 Å². The predicted molar refractivity (Wildman–Crippen MR) is 84.4 cm³/mol. The summed E-state index contributed by atoms with van der Waals surface area (Å²) in [5.41, 5.74) is 0.208. The molecule has 110 valence electrons. The van der Waals surface area contributed by atoms with E-state index < -0.39 is 5.69 Å². The maximum absolute atomic E-state index is 11.5. The van der Waals surface area contributed by atoms with Crippen LogP contribution < -0.4 is 16.3 Å². The molecule has 0 aliphatic rings. The second-order valence-corrected chi connectivity index (χ2v) is 4.95. The van der Waals surface area contributed by atoms with Gasteiger partial charge in [-0.05, 0) is 17.7 Å². The Kier molecular flexibility index (Phi) is 4.59. The fourth-order valence-electron chi connectivity index (χ4n) is 1.67. The van der Waals surface area contributed by atoms with Gasteiger partial charge in [-0.2, -0.15) is 5.10 Å². The number of aromatic nitrogens is 2. The van der Waals surface area contributed by atoms with Crippen LogP contribution in [-0.4, -0.2) is 22.8 Å². The van der Waals surface area contributed by atoms with Crippen LogP contribution in [0.2, 0.25) is 5.02 Å². The Morgan fingerprint density at radius 1 is 1.33 bits per heavy atom. The molecule has 1 N–H and O–H groups in total. The van der Waals surface area contributed by atoms with Crippen LogP contribution in [-0.2, 0) is 13.5 Å². The molecular weight excluding hydrogens is 292 g/mol. The van der Waals surface area contributed by atoms with Crippen molar-refractivity contribution < 1.29 is 0 Å². The number of hydrazone groups is 1. The van der Waals surface area contributed by atoms with Crippen LogP contribution in [0.15, 0.2) is 45.0 Å². The first-order valence-corrected chi connectivity index (χ1v) is 6.66. The van der Waals surface area contributed by atoms with Gasteiger partial charge >= 0.3 is 5.69 Å². The van der Waals surface area contributed by atoms with Gasteiger partial charge in [0.1, 0.15) is 5.82 Å². The van der Waals surface area contributed by atoms with Gasteiger partial charge in [-0.25, -0.2) is 4.79 Å². The van der Waals surface area contributed by atoms with Gasteiger partial charge in [-0.3, -0.25) is 19.4 Å². The summed E-state index contributed by atoms with van der Waals surface area (Å²) >= 11 is 5.81. The van der Waals surface area contributed by atoms with Crippen molar-refractivity contribution >= 4 is 23.6 Å². The Morgan fingerprint density at radius 2 is 2.00 bits per heavy atom. The van der Waals surface area contributed by atoms with E-state index in [1.54, 1.807) is 13.3 Å². The lowest BCUT2D eigenvalue weighted by atomic mass is 10.2. The maximum Gasteiger partial charge on any atom is 0.329 e. The SMILES string of the molecule is CN(/N=C/Cc1ccc(Cl)cc1)c1cc(=O)n(C)c(=O)[nH]1. The zero-order valence-electron chi connectivity index (χ0n) is 11.7. The molecule has 0 aliphatic heterocycles. The molecule has 0 amide bonds. The molecule has 2 rings (SSSR count).